The first-order valence-electron chi connectivity index (χ1n) is 11.6. The molecule has 0 bridgehead atoms. The number of allylic oxidation sites excluding steroid dienone is 2. The van der Waals surface area contributed by atoms with Crippen LogP contribution in [0.5, 0.6) is 5.75 Å². The van der Waals surface area contributed by atoms with Gasteiger partial charge in [-0.1, -0.05) is 24.3 Å². The van der Waals surface area contributed by atoms with Crippen molar-refractivity contribution in [1.82, 2.24) is 19.4 Å². The molecule has 2 aliphatic rings. The quantitative estimate of drug-likeness (QED) is 0.539. The summed E-state index contributed by atoms with van der Waals surface area (Å²) in [6.07, 6.45) is 14.7. The molecule has 3 aromatic rings. The average molecular weight is 457 g/mol. The van der Waals surface area contributed by atoms with Crippen molar-refractivity contribution in [3.8, 4) is 11.6 Å². The topological polar surface area (TPSA) is 98.3 Å². The fourth-order valence-electron chi connectivity index (χ4n) is 4.33. The molecule has 0 spiro atoms. The Kier molecular flexibility index (Phi) is 6.40. The molecule has 0 saturated carbocycles. The summed E-state index contributed by atoms with van der Waals surface area (Å²) in [6.45, 7) is 4.01. The van der Waals surface area contributed by atoms with Gasteiger partial charge in [-0.05, 0) is 62.7 Å². The van der Waals surface area contributed by atoms with Gasteiger partial charge in [0.2, 0.25) is 5.95 Å². The van der Waals surface area contributed by atoms with Gasteiger partial charge < -0.3 is 20.4 Å². The highest BCUT2D eigenvalue weighted by atomic mass is 16.5. The van der Waals surface area contributed by atoms with Crippen LogP contribution in [0.1, 0.15) is 29.6 Å². The third kappa shape index (κ3) is 4.87. The molecule has 8 heteroatoms. The molecule has 1 fully saturated rings. The first kappa shape index (κ1) is 21.9. The monoisotopic (exact) mass is 456 g/mol. The number of hydrogen-bond acceptors (Lipinski definition) is 6. The predicted molar refractivity (Wildman–Crippen MR) is 133 cm³/mol. The van der Waals surface area contributed by atoms with Gasteiger partial charge in [0.05, 0.1) is 10.9 Å². The average Bonchev–Trinajstić information content (AvgIpc) is 3.42. The summed E-state index contributed by atoms with van der Waals surface area (Å²) < 4.78 is 7.76. The van der Waals surface area contributed by atoms with Gasteiger partial charge in [0.1, 0.15) is 18.2 Å². The molecule has 1 aromatic carbocycles. The maximum absolute atomic E-state index is 12.0. The molecule has 2 aromatic heterocycles. The number of amides is 1. The van der Waals surface area contributed by atoms with Crippen LogP contribution in [0.25, 0.3) is 18.0 Å². The molecule has 1 aliphatic carbocycles. The number of nitrogens with one attached hydrogen (secondary N) is 1. The van der Waals surface area contributed by atoms with Crippen LogP contribution < -0.4 is 26.4 Å². The van der Waals surface area contributed by atoms with Gasteiger partial charge in [-0.15, -0.1) is 0 Å². The van der Waals surface area contributed by atoms with Gasteiger partial charge in [-0.3, -0.25) is 9.69 Å². The molecule has 1 saturated heterocycles. The number of likely N-dealkylation sites (tertiary alicyclic amines) is 1. The predicted octanol–water partition coefficient (Wildman–Crippen LogP) is 2.11. The number of ether oxygens (including phenoxy) is 1. The fraction of sp³-hybridized carbons (Fsp3) is 0.269. The van der Waals surface area contributed by atoms with Crippen molar-refractivity contribution < 1.29 is 9.53 Å². The molecule has 0 atom stereocenters. The van der Waals surface area contributed by atoms with Gasteiger partial charge in [0, 0.05) is 29.8 Å². The summed E-state index contributed by atoms with van der Waals surface area (Å²) in [6, 6.07) is 9.59. The molecular formula is C26H28N6O2. The second kappa shape index (κ2) is 9.93. The van der Waals surface area contributed by atoms with Crippen LogP contribution in [0.15, 0.2) is 54.9 Å². The Morgan fingerprint density at radius 1 is 1.15 bits per heavy atom. The minimum atomic E-state index is -0.468. The Balaban J connectivity index is 1.31. The summed E-state index contributed by atoms with van der Waals surface area (Å²) in [5.41, 5.74) is 6.94. The third-order valence-corrected chi connectivity index (χ3v) is 6.07. The number of fused-ring (bicyclic) bond motifs is 1. The van der Waals surface area contributed by atoms with Crippen LogP contribution >= 0.6 is 0 Å². The summed E-state index contributed by atoms with van der Waals surface area (Å²) in [4.78, 5) is 23.4. The van der Waals surface area contributed by atoms with Crippen molar-refractivity contribution in [3.63, 3.8) is 0 Å². The van der Waals surface area contributed by atoms with E-state index in [1.54, 1.807) is 18.5 Å². The van der Waals surface area contributed by atoms with Crippen LogP contribution in [-0.2, 0) is 0 Å². The van der Waals surface area contributed by atoms with Crippen LogP contribution in [0.2, 0.25) is 0 Å². The van der Waals surface area contributed by atoms with Gasteiger partial charge in [0.25, 0.3) is 5.91 Å². The van der Waals surface area contributed by atoms with E-state index in [0.717, 1.165) is 35.0 Å². The molecule has 34 heavy (non-hydrogen) atoms. The van der Waals surface area contributed by atoms with E-state index in [4.69, 9.17) is 10.5 Å². The van der Waals surface area contributed by atoms with Crippen molar-refractivity contribution in [2.75, 3.05) is 31.6 Å². The van der Waals surface area contributed by atoms with E-state index < -0.39 is 5.91 Å². The van der Waals surface area contributed by atoms with E-state index >= 15 is 0 Å². The number of carbonyl (C=O) groups is 1. The van der Waals surface area contributed by atoms with Gasteiger partial charge >= 0.3 is 0 Å². The first-order chi connectivity index (χ1) is 16.7. The highest BCUT2D eigenvalue weighted by Crippen LogP contribution is 2.19. The van der Waals surface area contributed by atoms with E-state index in [9.17, 15) is 4.79 Å². The van der Waals surface area contributed by atoms with Gasteiger partial charge in [0.15, 0.2) is 0 Å². The highest BCUT2D eigenvalue weighted by molar-refractivity contribution is 5.93. The smallest absolute Gasteiger partial charge is 0.250 e. The normalized spacial score (nSPS) is 15.2. The molecule has 3 N–H and O–H groups in total. The Morgan fingerprint density at radius 3 is 2.76 bits per heavy atom. The number of hydrogen-bond donors (Lipinski definition) is 2. The molecule has 0 unspecified atom stereocenters. The minimum Gasteiger partial charge on any atom is -0.492 e. The lowest BCUT2D eigenvalue weighted by Gasteiger charge is -2.15. The SMILES string of the molecule is NC(=O)c1cn(-c2ccnc(Nc3ccc(OCCN4CCCC4)cc3)n2)c2c1=CC=CCC=2. The van der Waals surface area contributed by atoms with Crippen LogP contribution in [0.4, 0.5) is 11.6 Å². The van der Waals surface area contributed by atoms with E-state index in [1.165, 1.54) is 25.9 Å². The molecular weight excluding hydrogens is 428 g/mol. The minimum absolute atomic E-state index is 0.457. The number of primary amides is 1. The zero-order valence-corrected chi connectivity index (χ0v) is 19.0. The Bertz CT molecular complexity index is 1320. The number of benzene rings is 1. The number of carbonyl (C=O) groups excluding carboxylic acids is 1. The summed E-state index contributed by atoms with van der Waals surface area (Å²) in [5.74, 6) is 1.48. The number of aromatic nitrogens is 3. The summed E-state index contributed by atoms with van der Waals surface area (Å²) in [7, 11) is 0. The Morgan fingerprint density at radius 2 is 1.97 bits per heavy atom. The number of nitrogens with zero attached hydrogens (tertiary/aromatic N) is 4. The summed E-state index contributed by atoms with van der Waals surface area (Å²) >= 11 is 0. The molecule has 1 aliphatic heterocycles. The molecule has 1 amide bonds. The lowest BCUT2D eigenvalue weighted by molar-refractivity contribution is 0.0999. The molecule has 3 heterocycles. The number of nitrogens with two attached hydrogens (primary N) is 1. The largest absolute Gasteiger partial charge is 0.492 e. The van der Waals surface area contributed by atoms with E-state index in [0.29, 0.717) is 23.9 Å². The number of anilines is 2. The first-order valence-corrected chi connectivity index (χ1v) is 11.6. The van der Waals surface area contributed by atoms with E-state index in [1.807, 2.05) is 47.1 Å². The maximum atomic E-state index is 12.0. The maximum Gasteiger partial charge on any atom is 0.250 e. The van der Waals surface area contributed by atoms with Crippen molar-refractivity contribution in [3.05, 3.63) is 71.0 Å². The van der Waals surface area contributed by atoms with Crippen LogP contribution in [0, 0.1) is 0 Å². The van der Waals surface area contributed by atoms with Crippen molar-refractivity contribution in [2.45, 2.75) is 19.3 Å². The zero-order chi connectivity index (χ0) is 23.3. The van der Waals surface area contributed by atoms with Gasteiger partial charge in [-0.2, -0.15) is 4.98 Å². The second-order valence-electron chi connectivity index (χ2n) is 8.40. The second-order valence-corrected chi connectivity index (χ2v) is 8.40. The third-order valence-electron chi connectivity index (χ3n) is 6.07. The number of rotatable bonds is 8. The van der Waals surface area contributed by atoms with Crippen molar-refractivity contribution >= 4 is 29.7 Å². The lowest BCUT2D eigenvalue weighted by atomic mass is 10.2. The zero-order valence-electron chi connectivity index (χ0n) is 19.0. The fourth-order valence-corrected chi connectivity index (χ4v) is 4.33. The van der Waals surface area contributed by atoms with Crippen molar-refractivity contribution in [2.24, 2.45) is 5.73 Å². The standard InChI is InChI=1S/C26H28N6O2/c27-25(33)22-18-32(23-7-3-1-2-6-21(22)23)24-12-13-28-26(30-24)29-19-8-10-20(11-9-19)34-17-16-31-14-4-5-15-31/h1-2,6-13,18H,3-5,14-17H2,(H2,27,33)(H,28,29,30). The molecule has 8 nitrogen and oxygen atoms in total. The van der Waals surface area contributed by atoms with E-state index in [2.05, 4.69) is 26.3 Å². The van der Waals surface area contributed by atoms with Crippen molar-refractivity contribution in [1.29, 1.82) is 0 Å². The van der Waals surface area contributed by atoms with Crippen LogP contribution in [0.3, 0.4) is 0 Å². The molecule has 5 rings (SSSR count). The Labute approximate surface area is 198 Å². The van der Waals surface area contributed by atoms with Crippen LogP contribution in [-0.4, -0.2) is 51.6 Å². The lowest BCUT2D eigenvalue weighted by Crippen LogP contribution is -2.32. The van der Waals surface area contributed by atoms with E-state index in [-0.39, 0.29) is 0 Å². The molecule has 174 valence electrons. The summed E-state index contributed by atoms with van der Waals surface area (Å²) in [5, 5.41) is 4.93. The molecule has 0 radical (unpaired) electrons. The highest BCUT2D eigenvalue weighted by Gasteiger charge is 2.13. The Hall–Kier alpha value is -3.91. The van der Waals surface area contributed by atoms with Gasteiger partial charge in [-0.25, -0.2) is 4.98 Å².